The summed E-state index contributed by atoms with van der Waals surface area (Å²) in [6.45, 7) is 10.3. The second-order valence-electron chi connectivity index (χ2n) is 14.3. The summed E-state index contributed by atoms with van der Waals surface area (Å²) in [6, 6.07) is 12.6. The van der Waals surface area contributed by atoms with Gasteiger partial charge in [0.25, 0.3) is 0 Å². The summed E-state index contributed by atoms with van der Waals surface area (Å²) in [5.74, 6) is 2.68. The van der Waals surface area contributed by atoms with Crippen molar-refractivity contribution in [2.45, 2.75) is 51.5 Å². The molecule has 0 radical (unpaired) electrons. The van der Waals surface area contributed by atoms with E-state index < -0.39 is 0 Å². The molecule has 270 valence electrons. The zero-order valence-corrected chi connectivity index (χ0v) is 30.4. The van der Waals surface area contributed by atoms with E-state index in [0.29, 0.717) is 58.3 Å². The molecule has 3 saturated heterocycles. The van der Waals surface area contributed by atoms with Crippen molar-refractivity contribution >= 4 is 46.1 Å². The number of ether oxygens (including phenoxy) is 1. The zero-order valence-electron chi connectivity index (χ0n) is 29.7. The molecule has 0 bridgehead atoms. The average molecular weight is 723 g/mol. The number of aromatic amines is 1. The summed E-state index contributed by atoms with van der Waals surface area (Å²) < 4.78 is 8.02. The first-order valence-corrected chi connectivity index (χ1v) is 18.4. The normalized spacial score (nSPS) is 20.5. The smallest absolute Gasteiger partial charge is 0.234 e. The van der Waals surface area contributed by atoms with Crippen LogP contribution in [0.3, 0.4) is 0 Å². The lowest BCUT2D eigenvalue weighted by Gasteiger charge is -2.43. The van der Waals surface area contributed by atoms with Gasteiger partial charge >= 0.3 is 0 Å². The monoisotopic (exact) mass is 722 g/mol. The Morgan fingerprint density at radius 1 is 0.981 bits per heavy atom. The molecule has 2 amide bonds. The maximum absolute atomic E-state index is 12.3. The molecule has 2 atom stereocenters. The number of imide groups is 1. The number of anilines is 2. The average Bonchev–Trinajstić information content (AvgIpc) is 3.72. The molecule has 0 saturated carbocycles. The Labute approximate surface area is 307 Å². The molecular formula is C38H43ClN10O3. The summed E-state index contributed by atoms with van der Waals surface area (Å²) in [5.41, 5.74) is 5.06. The number of halogens is 1. The minimum absolute atomic E-state index is 0.178. The van der Waals surface area contributed by atoms with Crippen molar-refractivity contribution in [3.8, 4) is 22.9 Å². The van der Waals surface area contributed by atoms with E-state index in [1.165, 1.54) is 5.69 Å². The van der Waals surface area contributed by atoms with E-state index >= 15 is 0 Å². The highest BCUT2D eigenvalue weighted by molar-refractivity contribution is 6.32. The molecule has 0 spiro atoms. The standard InChI is InChI=1S/C38H43ClN10O3/c1-23-20-47(21-25-12-14-48(15-13-25)27-6-4-26(5-7-27)29-9-11-33(50)42-38(29)51)16-17-49(23)32-10-8-28(18-40-32)52-35-31(39)19-41-37-34(35)43-36(44-37)30-22-46(3)45-24(30)2/h4-8,10,18-19,22-23,25,29H,9,11-17,20-21H2,1-3H3,(H,41,43,44)(H,42,50,51)/t23-,29+/m0/s1. The van der Waals surface area contributed by atoms with E-state index in [2.05, 4.69) is 59.1 Å². The summed E-state index contributed by atoms with van der Waals surface area (Å²) >= 11 is 6.57. The van der Waals surface area contributed by atoms with Crippen molar-refractivity contribution in [3.05, 3.63) is 71.3 Å². The zero-order chi connectivity index (χ0) is 35.9. The first kappa shape index (κ1) is 34.1. The second kappa shape index (κ2) is 14.2. The van der Waals surface area contributed by atoms with Crippen molar-refractivity contribution in [3.63, 3.8) is 0 Å². The van der Waals surface area contributed by atoms with E-state index in [0.717, 1.165) is 74.7 Å². The highest BCUT2D eigenvalue weighted by atomic mass is 35.5. The van der Waals surface area contributed by atoms with E-state index in [-0.39, 0.29) is 17.7 Å². The fourth-order valence-electron chi connectivity index (χ4n) is 7.90. The molecule has 0 unspecified atom stereocenters. The number of imidazole rings is 1. The molecule has 5 aromatic rings. The molecule has 2 N–H and O–H groups in total. The van der Waals surface area contributed by atoms with Crippen LogP contribution in [0.25, 0.3) is 22.6 Å². The van der Waals surface area contributed by atoms with Crippen LogP contribution in [0.15, 0.2) is 55.0 Å². The lowest BCUT2D eigenvalue weighted by molar-refractivity contribution is -0.134. The summed E-state index contributed by atoms with van der Waals surface area (Å²) in [5, 5.41) is 7.27. The van der Waals surface area contributed by atoms with Gasteiger partial charge in [0.2, 0.25) is 11.8 Å². The summed E-state index contributed by atoms with van der Waals surface area (Å²) in [6.07, 6.45) is 8.50. The number of aromatic nitrogens is 6. The number of nitrogens with one attached hydrogen (secondary N) is 2. The van der Waals surface area contributed by atoms with Crippen molar-refractivity contribution in [1.82, 2.24) is 39.9 Å². The molecule has 3 aliphatic heterocycles. The quantitative estimate of drug-likeness (QED) is 0.199. The number of H-pyrrole nitrogens is 1. The van der Waals surface area contributed by atoms with Gasteiger partial charge in [0, 0.05) is 70.7 Å². The van der Waals surface area contributed by atoms with Crippen LogP contribution in [-0.4, -0.2) is 91.7 Å². The summed E-state index contributed by atoms with van der Waals surface area (Å²) in [7, 11) is 1.88. The number of amides is 2. The second-order valence-corrected chi connectivity index (χ2v) is 14.7. The highest BCUT2D eigenvalue weighted by Gasteiger charge is 2.30. The number of carbonyl (C=O) groups is 2. The highest BCUT2D eigenvalue weighted by Crippen LogP contribution is 2.37. The van der Waals surface area contributed by atoms with E-state index in [4.69, 9.17) is 21.3 Å². The fourth-order valence-corrected chi connectivity index (χ4v) is 8.08. The van der Waals surface area contributed by atoms with Gasteiger partial charge in [-0.15, -0.1) is 0 Å². The van der Waals surface area contributed by atoms with Gasteiger partial charge in [0.1, 0.15) is 27.9 Å². The van der Waals surface area contributed by atoms with Gasteiger partial charge in [-0.25, -0.2) is 15.0 Å². The van der Waals surface area contributed by atoms with Crippen molar-refractivity contribution in [2.75, 3.05) is 49.1 Å². The van der Waals surface area contributed by atoms with Gasteiger partial charge in [-0.1, -0.05) is 23.7 Å². The van der Waals surface area contributed by atoms with Crippen LogP contribution >= 0.6 is 11.6 Å². The third kappa shape index (κ3) is 6.94. The molecule has 0 aliphatic carbocycles. The predicted octanol–water partition coefficient (Wildman–Crippen LogP) is 5.45. The first-order chi connectivity index (χ1) is 25.2. The van der Waals surface area contributed by atoms with Crippen molar-refractivity contribution in [1.29, 1.82) is 0 Å². The molecule has 3 fully saturated rings. The molecule has 8 rings (SSSR count). The molecule has 1 aromatic carbocycles. The number of piperazine rings is 1. The van der Waals surface area contributed by atoms with Crippen molar-refractivity contribution < 1.29 is 14.3 Å². The number of carbonyl (C=O) groups excluding carboxylic acids is 2. The third-order valence-electron chi connectivity index (χ3n) is 10.7. The molecule has 13 nitrogen and oxygen atoms in total. The van der Waals surface area contributed by atoms with Crippen LogP contribution in [0.2, 0.25) is 5.02 Å². The molecule has 4 aromatic heterocycles. The SMILES string of the molecule is Cc1nn(C)cc1-c1nc2ncc(Cl)c(Oc3ccc(N4CCN(CC5CCN(c6ccc([C@H]7CCC(=O)NC7=O)cc6)CC5)C[C@@H]4C)nc3)c2[nH]1. The molecule has 52 heavy (non-hydrogen) atoms. The number of pyridine rings is 2. The van der Waals surface area contributed by atoms with Gasteiger partial charge < -0.3 is 19.5 Å². The van der Waals surface area contributed by atoms with Gasteiger partial charge in [-0.2, -0.15) is 5.10 Å². The number of nitrogens with zero attached hydrogens (tertiary/aromatic N) is 8. The minimum atomic E-state index is -0.242. The number of hydrogen-bond donors (Lipinski definition) is 2. The maximum atomic E-state index is 12.3. The van der Waals surface area contributed by atoms with Crippen LogP contribution in [-0.2, 0) is 16.6 Å². The van der Waals surface area contributed by atoms with Gasteiger partial charge in [-0.3, -0.25) is 24.5 Å². The number of benzene rings is 1. The minimum Gasteiger partial charge on any atom is -0.452 e. The molecule has 14 heteroatoms. The third-order valence-corrected chi connectivity index (χ3v) is 10.9. The number of piperidine rings is 2. The van der Waals surface area contributed by atoms with Crippen LogP contribution < -0.4 is 19.9 Å². The van der Waals surface area contributed by atoms with Crippen LogP contribution in [0, 0.1) is 12.8 Å². The van der Waals surface area contributed by atoms with Gasteiger partial charge in [0.05, 0.1) is 29.6 Å². The molecule has 3 aliphatic rings. The van der Waals surface area contributed by atoms with Crippen molar-refractivity contribution in [2.24, 2.45) is 13.0 Å². The Hall–Kier alpha value is -5.01. The Morgan fingerprint density at radius 2 is 1.79 bits per heavy atom. The predicted molar refractivity (Wildman–Crippen MR) is 200 cm³/mol. The van der Waals surface area contributed by atoms with Crippen LogP contribution in [0.4, 0.5) is 11.5 Å². The lowest BCUT2D eigenvalue weighted by atomic mass is 9.90. The number of aryl methyl sites for hydroxylation is 2. The lowest BCUT2D eigenvalue weighted by Crippen LogP contribution is -2.53. The van der Waals surface area contributed by atoms with E-state index in [9.17, 15) is 9.59 Å². The van der Waals surface area contributed by atoms with Gasteiger partial charge in [-0.05, 0) is 68.9 Å². The Kier molecular flexibility index (Phi) is 9.31. The Bertz CT molecular complexity index is 2090. The van der Waals surface area contributed by atoms with Crippen LogP contribution in [0.1, 0.15) is 49.8 Å². The molecular weight excluding hydrogens is 680 g/mol. The number of hydrogen-bond acceptors (Lipinski definition) is 10. The van der Waals surface area contributed by atoms with Gasteiger partial charge in [0.15, 0.2) is 11.4 Å². The van der Waals surface area contributed by atoms with E-state index in [1.54, 1.807) is 17.1 Å². The molecule has 7 heterocycles. The maximum Gasteiger partial charge on any atom is 0.234 e. The topological polar surface area (TPSA) is 137 Å². The fraction of sp³-hybridized carbons (Fsp3) is 0.421. The Balaban J connectivity index is 0.836. The number of rotatable bonds is 8. The Morgan fingerprint density at radius 3 is 2.48 bits per heavy atom. The summed E-state index contributed by atoms with van der Waals surface area (Å²) in [4.78, 5) is 48.4. The largest absolute Gasteiger partial charge is 0.452 e. The van der Waals surface area contributed by atoms with Crippen LogP contribution in [0.5, 0.6) is 11.5 Å². The van der Waals surface area contributed by atoms with E-state index in [1.807, 2.05) is 44.4 Å². The number of fused-ring (bicyclic) bond motifs is 1. The first-order valence-electron chi connectivity index (χ1n) is 18.0.